The summed E-state index contributed by atoms with van der Waals surface area (Å²) in [7, 11) is 5.32. The summed E-state index contributed by atoms with van der Waals surface area (Å²) in [6.45, 7) is 7.26. The molecule has 0 bridgehead atoms. The summed E-state index contributed by atoms with van der Waals surface area (Å²) < 4.78 is 11.2. The maximum absolute atomic E-state index is 5.60. The van der Waals surface area contributed by atoms with E-state index in [1.54, 1.807) is 25.6 Å². The van der Waals surface area contributed by atoms with Crippen molar-refractivity contribution in [3.63, 3.8) is 0 Å². The van der Waals surface area contributed by atoms with Crippen LogP contribution in [0, 0.1) is 0 Å². The molecule has 0 spiro atoms. The number of ether oxygens (including phenoxy) is 2. The molecule has 1 aromatic carbocycles. The van der Waals surface area contributed by atoms with Gasteiger partial charge in [0, 0.05) is 23.1 Å². The van der Waals surface area contributed by atoms with Gasteiger partial charge in [0.25, 0.3) is 0 Å². The summed E-state index contributed by atoms with van der Waals surface area (Å²) in [5.74, 6) is 1.69. The summed E-state index contributed by atoms with van der Waals surface area (Å²) in [5.41, 5.74) is 2.99. The van der Waals surface area contributed by atoms with Gasteiger partial charge in [0.1, 0.15) is 16.5 Å². The van der Waals surface area contributed by atoms with Crippen molar-refractivity contribution in [2.45, 2.75) is 32.7 Å². The van der Waals surface area contributed by atoms with E-state index in [9.17, 15) is 0 Å². The van der Waals surface area contributed by atoms with Gasteiger partial charge in [-0.2, -0.15) is 0 Å². The van der Waals surface area contributed by atoms with Crippen molar-refractivity contribution in [2.75, 3.05) is 21.3 Å². The molecule has 1 aromatic heterocycles. The molecule has 120 valence electrons. The van der Waals surface area contributed by atoms with Crippen molar-refractivity contribution >= 4 is 11.3 Å². The maximum Gasteiger partial charge on any atom is 0.128 e. The van der Waals surface area contributed by atoms with Crippen LogP contribution in [0.1, 0.15) is 31.3 Å². The predicted molar refractivity (Wildman–Crippen MR) is 92.1 cm³/mol. The lowest BCUT2D eigenvalue weighted by molar-refractivity contribution is 0.389. The first-order valence-electron chi connectivity index (χ1n) is 7.26. The van der Waals surface area contributed by atoms with Crippen LogP contribution in [-0.2, 0) is 12.0 Å². The highest BCUT2D eigenvalue weighted by atomic mass is 32.1. The summed E-state index contributed by atoms with van der Waals surface area (Å²) in [4.78, 5) is 4.67. The highest BCUT2D eigenvalue weighted by molar-refractivity contribution is 7.09. The van der Waals surface area contributed by atoms with Crippen LogP contribution >= 0.6 is 11.3 Å². The summed E-state index contributed by atoms with van der Waals surface area (Å²) in [5, 5.41) is 6.23. The second-order valence-corrected chi connectivity index (χ2v) is 7.10. The van der Waals surface area contributed by atoms with Crippen molar-refractivity contribution in [3.8, 4) is 22.8 Å². The third-order valence-electron chi connectivity index (χ3n) is 3.49. The normalized spacial score (nSPS) is 11.5. The highest BCUT2D eigenvalue weighted by Gasteiger charge is 2.23. The van der Waals surface area contributed by atoms with Crippen molar-refractivity contribution in [1.29, 1.82) is 0 Å². The smallest absolute Gasteiger partial charge is 0.128 e. The Balaban J connectivity index is 2.55. The number of thiazole rings is 1. The van der Waals surface area contributed by atoms with Crippen LogP contribution in [0.5, 0.6) is 11.5 Å². The van der Waals surface area contributed by atoms with Crippen molar-refractivity contribution in [1.82, 2.24) is 10.3 Å². The van der Waals surface area contributed by atoms with E-state index in [1.165, 1.54) is 0 Å². The number of nitrogens with zero attached hydrogens (tertiary/aromatic N) is 1. The van der Waals surface area contributed by atoms with E-state index >= 15 is 0 Å². The van der Waals surface area contributed by atoms with Crippen LogP contribution in [0.2, 0.25) is 0 Å². The fourth-order valence-electron chi connectivity index (χ4n) is 2.35. The molecule has 0 unspecified atom stereocenters. The summed E-state index contributed by atoms with van der Waals surface area (Å²) in [6.07, 6.45) is 0. The third kappa shape index (κ3) is 3.42. The van der Waals surface area contributed by atoms with Gasteiger partial charge >= 0.3 is 0 Å². The molecule has 5 heteroatoms. The lowest BCUT2D eigenvalue weighted by Gasteiger charge is -2.23. The van der Waals surface area contributed by atoms with Gasteiger partial charge in [-0.05, 0) is 24.6 Å². The van der Waals surface area contributed by atoms with Gasteiger partial charge in [-0.3, -0.25) is 0 Å². The second-order valence-electron chi connectivity index (χ2n) is 6.16. The zero-order chi connectivity index (χ0) is 16.3. The molecule has 1 heterocycles. The van der Waals surface area contributed by atoms with Crippen LogP contribution in [-0.4, -0.2) is 26.3 Å². The third-order valence-corrected chi connectivity index (χ3v) is 4.33. The maximum atomic E-state index is 5.60. The first-order valence-corrected chi connectivity index (χ1v) is 8.14. The second kappa shape index (κ2) is 6.67. The van der Waals surface area contributed by atoms with Gasteiger partial charge in [0.15, 0.2) is 0 Å². The Morgan fingerprint density at radius 3 is 2.36 bits per heavy atom. The Morgan fingerprint density at radius 1 is 1.14 bits per heavy atom. The molecule has 0 aliphatic carbocycles. The van der Waals surface area contributed by atoms with E-state index in [1.807, 2.05) is 13.1 Å². The van der Waals surface area contributed by atoms with E-state index in [-0.39, 0.29) is 5.41 Å². The minimum Gasteiger partial charge on any atom is -0.496 e. The van der Waals surface area contributed by atoms with Crippen LogP contribution < -0.4 is 14.8 Å². The van der Waals surface area contributed by atoms with Crippen LogP contribution in [0.3, 0.4) is 0 Å². The molecule has 22 heavy (non-hydrogen) atoms. The summed E-state index contributed by atoms with van der Waals surface area (Å²) >= 11 is 1.64. The van der Waals surface area contributed by atoms with Crippen molar-refractivity contribution in [2.24, 2.45) is 0 Å². The van der Waals surface area contributed by atoms with Gasteiger partial charge in [-0.25, -0.2) is 4.98 Å². The lowest BCUT2D eigenvalue weighted by Crippen LogP contribution is -2.13. The van der Waals surface area contributed by atoms with Crippen molar-refractivity contribution in [3.05, 3.63) is 28.1 Å². The SMILES string of the molecule is CNCc1nc(-c2cc(OC)c(C(C)(C)C)cc2OC)cs1. The minimum atomic E-state index is -0.0173. The standard InChI is InChI=1S/C17H24N2O2S/c1-17(2,3)12-8-14(20-5)11(7-15(12)21-6)13-10-22-16(19-13)9-18-4/h7-8,10,18H,9H2,1-6H3. The van der Waals surface area contributed by atoms with Gasteiger partial charge in [-0.15, -0.1) is 11.3 Å². The van der Waals surface area contributed by atoms with Gasteiger partial charge in [0.2, 0.25) is 0 Å². The summed E-state index contributed by atoms with van der Waals surface area (Å²) in [6, 6.07) is 4.09. The molecular weight excluding hydrogens is 296 g/mol. The zero-order valence-electron chi connectivity index (χ0n) is 14.1. The Bertz CT molecular complexity index is 645. The largest absolute Gasteiger partial charge is 0.496 e. The fraction of sp³-hybridized carbons (Fsp3) is 0.471. The minimum absolute atomic E-state index is 0.0173. The molecule has 4 nitrogen and oxygen atoms in total. The molecule has 0 fully saturated rings. The molecule has 0 saturated heterocycles. The van der Waals surface area contributed by atoms with Crippen LogP contribution in [0.15, 0.2) is 17.5 Å². The number of hydrogen-bond acceptors (Lipinski definition) is 5. The van der Waals surface area contributed by atoms with E-state index in [4.69, 9.17) is 9.47 Å². The van der Waals surface area contributed by atoms with E-state index in [0.717, 1.165) is 39.9 Å². The molecule has 1 N–H and O–H groups in total. The molecule has 0 radical (unpaired) electrons. The number of aromatic nitrogens is 1. The van der Waals surface area contributed by atoms with E-state index < -0.39 is 0 Å². The number of methoxy groups -OCH3 is 2. The lowest BCUT2D eigenvalue weighted by atomic mass is 9.85. The molecule has 0 amide bonds. The van der Waals surface area contributed by atoms with Crippen LogP contribution in [0.4, 0.5) is 0 Å². The number of benzene rings is 1. The number of rotatable bonds is 5. The monoisotopic (exact) mass is 320 g/mol. The Kier molecular flexibility index (Phi) is 5.08. The van der Waals surface area contributed by atoms with Crippen LogP contribution in [0.25, 0.3) is 11.3 Å². The number of nitrogens with one attached hydrogen (secondary N) is 1. The molecule has 0 atom stereocenters. The van der Waals surface area contributed by atoms with Gasteiger partial charge in [0.05, 0.1) is 19.9 Å². The average molecular weight is 320 g/mol. The van der Waals surface area contributed by atoms with E-state index in [0.29, 0.717) is 0 Å². The van der Waals surface area contributed by atoms with Gasteiger partial charge < -0.3 is 14.8 Å². The molecule has 0 aliphatic heterocycles. The fourth-order valence-corrected chi connectivity index (χ4v) is 3.16. The highest BCUT2D eigenvalue weighted by Crippen LogP contribution is 2.41. The molecule has 0 saturated carbocycles. The topological polar surface area (TPSA) is 43.4 Å². The molecular formula is C17H24N2O2S. The first kappa shape index (κ1) is 16.8. The molecule has 2 aromatic rings. The van der Waals surface area contributed by atoms with Crippen molar-refractivity contribution < 1.29 is 9.47 Å². The average Bonchev–Trinajstić information content (AvgIpc) is 2.93. The van der Waals surface area contributed by atoms with E-state index in [2.05, 4.69) is 42.5 Å². The predicted octanol–water partition coefficient (Wildman–Crippen LogP) is 3.84. The quantitative estimate of drug-likeness (QED) is 0.909. The Labute approximate surface area is 136 Å². The first-order chi connectivity index (χ1) is 10.4. The Hall–Kier alpha value is -1.59. The zero-order valence-corrected chi connectivity index (χ0v) is 14.9. The Morgan fingerprint density at radius 2 is 1.82 bits per heavy atom. The number of hydrogen-bond donors (Lipinski definition) is 1. The molecule has 0 aliphatic rings. The molecule has 2 rings (SSSR count). The van der Waals surface area contributed by atoms with Gasteiger partial charge in [-0.1, -0.05) is 20.8 Å².